The second kappa shape index (κ2) is 9.37. The molecule has 0 aliphatic heterocycles. The van der Waals surface area contributed by atoms with Gasteiger partial charge in [-0.2, -0.15) is 0 Å². The van der Waals surface area contributed by atoms with E-state index < -0.39 is 0 Å². The highest BCUT2D eigenvalue weighted by atomic mass is 35.5. The van der Waals surface area contributed by atoms with Gasteiger partial charge in [0.2, 0.25) is 11.8 Å². The van der Waals surface area contributed by atoms with Crippen molar-refractivity contribution in [1.29, 1.82) is 0 Å². The van der Waals surface area contributed by atoms with Crippen LogP contribution in [-0.4, -0.2) is 36.3 Å². The van der Waals surface area contributed by atoms with E-state index in [4.69, 9.17) is 5.73 Å². The van der Waals surface area contributed by atoms with Gasteiger partial charge in [-0.25, -0.2) is 0 Å². The summed E-state index contributed by atoms with van der Waals surface area (Å²) in [6, 6.07) is 9.16. The van der Waals surface area contributed by atoms with Crippen molar-refractivity contribution in [3.05, 3.63) is 35.9 Å². The third-order valence-corrected chi connectivity index (χ3v) is 3.35. The van der Waals surface area contributed by atoms with Gasteiger partial charge in [-0.15, -0.1) is 12.4 Å². The van der Waals surface area contributed by atoms with Crippen LogP contribution in [0.1, 0.15) is 31.9 Å². The molecule has 5 nitrogen and oxygen atoms in total. The minimum Gasteiger partial charge on any atom is -0.349 e. The molecule has 6 heteroatoms. The lowest BCUT2D eigenvalue weighted by Gasteiger charge is -2.26. The third-order valence-electron chi connectivity index (χ3n) is 3.35. The highest BCUT2D eigenvalue weighted by Gasteiger charge is 2.21. The van der Waals surface area contributed by atoms with Crippen LogP contribution in [0.4, 0.5) is 0 Å². The van der Waals surface area contributed by atoms with E-state index in [9.17, 15) is 9.59 Å². The summed E-state index contributed by atoms with van der Waals surface area (Å²) in [5.41, 5.74) is 6.49. The van der Waals surface area contributed by atoms with Crippen molar-refractivity contribution >= 4 is 24.2 Å². The Morgan fingerprint density at radius 2 is 1.86 bits per heavy atom. The molecule has 1 aromatic rings. The summed E-state index contributed by atoms with van der Waals surface area (Å²) in [5.74, 6) is -0.188. The summed E-state index contributed by atoms with van der Waals surface area (Å²) in [5, 5.41) is 2.82. The Kier molecular flexibility index (Phi) is 8.66. The van der Waals surface area contributed by atoms with Gasteiger partial charge in [0, 0.05) is 26.6 Å². The van der Waals surface area contributed by atoms with Crippen molar-refractivity contribution in [2.24, 2.45) is 5.73 Å². The number of halogens is 1. The summed E-state index contributed by atoms with van der Waals surface area (Å²) < 4.78 is 0. The number of nitrogens with one attached hydrogen (secondary N) is 1. The van der Waals surface area contributed by atoms with Gasteiger partial charge in [-0.05, 0) is 12.5 Å². The van der Waals surface area contributed by atoms with Gasteiger partial charge >= 0.3 is 0 Å². The first-order valence-corrected chi connectivity index (χ1v) is 6.73. The molecule has 1 rings (SSSR count). The number of carbonyl (C=O) groups is 2. The molecule has 0 radical (unpaired) electrons. The second-order valence-electron chi connectivity index (χ2n) is 4.96. The van der Waals surface area contributed by atoms with Gasteiger partial charge < -0.3 is 16.0 Å². The molecule has 0 aromatic heterocycles. The van der Waals surface area contributed by atoms with Crippen LogP contribution in [0.2, 0.25) is 0 Å². The van der Waals surface area contributed by atoms with Gasteiger partial charge in [0.1, 0.15) is 0 Å². The molecule has 0 heterocycles. The Morgan fingerprint density at radius 3 is 2.33 bits per heavy atom. The predicted octanol–water partition coefficient (Wildman–Crippen LogP) is 1.48. The molecule has 0 saturated heterocycles. The summed E-state index contributed by atoms with van der Waals surface area (Å²) in [6.07, 6.45) is 0.227. The lowest BCUT2D eigenvalue weighted by atomic mass is 10.0. The van der Waals surface area contributed by atoms with Crippen molar-refractivity contribution in [1.82, 2.24) is 10.2 Å². The van der Waals surface area contributed by atoms with E-state index in [2.05, 4.69) is 5.32 Å². The molecule has 0 aliphatic carbocycles. The van der Waals surface area contributed by atoms with Crippen LogP contribution in [0.25, 0.3) is 0 Å². The van der Waals surface area contributed by atoms with E-state index in [0.717, 1.165) is 5.56 Å². The standard InChI is InChI=1S/C15H23N3O2.ClH/c1-11(10-16)18(3)15(20)9-14(17-12(2)19)13-7-5-4-6-8-13;/h4-8,11,14H,9-10,16H2,1-3H3,(H,17,19);1H. The molecule has 0 bridgehead atoms. The molecule has 118 valence electrons. The van der Waals surface area contributed by atoms with Crippen LogP contribution in [0.15, 0.2) is 30.3 Å². The van der Waals surface area contributed by atoms with E-state index in [-0.39, 0.29) is 42.7 Å². The number of amides is 2. The van der Waals surface area contributed by atoms with Crippen molar-refractivity contribution in [3.8, 4) is 0 Å². The average Bonchev–Trinajstić information content (AvgIpc) is 2.45. The Bertz CT molecular complexity index is 453. The zero-order valence-electron chi connectivity index (χ0n) is 12.7. The molecule has 21 heavy (non-hydrogen) atoms. The van der Waals surface area contributed by atoms with E-state index in [1.807, 2.05) is 37.3 Å². The molecular weight excluding hydrogens is 290 g/mol. The molecular formula is C15H24ClN3O2. The van der Waals surface area contributed by atoms with Crippen LogP contribution < -0.4 is 11.1 Å². The van der Waals surface area contributed by atoms with E-state index in [1.165, 1.54) is 6.92 Å². The van der Waals surface area contributed by atoms with Gasteiger partial charge in [-0.1, -0.05) is 30.3 Å². The fraction of sp³-hybridized carbons (Fsp3) is 0.467. The molecule has 0 aliphatic rings. The van der Waals surface area contributed by atoms with Crippen LogP contribution in [-0.2, 0) is 9.59 Å². The first kappa shape index (κ1) is 19.4. The fourth-order valence-corrected chi connectivity index (χ4v) is 1.91. The van der Waals surface area contributed by atoms with Crippen molar-refractivity contribution in [2.45, 2.75) is 32.4 Å². The predicted molar refractivity (Wildman–Crippen MR) is 86.2 cm³/mol. The van der Waals surface area contributed by atoms with Crippen LogP contribution in [0.3, 0.4) is 0 Å². The number of carbonyl (C=O) groups excluding carboxylic acids is 2. The average molecular weight is 314 g/mol. The summed E-state index contributed by atoms with van der Waals surface area (Å²) in [6.45, 7) is 3.76. The van der Waals surface area contributed by atoms with Crippen molar-refractivity contribution < 1.29 is 9.59 Å². The number of likely N-dealkylation sites (N-methyl/N-ethyl adjacent to an activating group) is 1. The molecule has 0 spiro atoms. The monoisotopic (exact) mass is 313 g/mol. The topological polar surface area (TPSA) is 75.4 Å². The number of hydrogen-bond acceptors (Lipinski definition) is 3. The van der Waals surface area contributed by atoms with E-state index in [0.29, 0.717) is 6.54 Å². The van der Waals surface area contributed by atoms with Gasteiger partial charge in [0.15, 0.2) is 0 Å². The quantitative estimate of drug-likeness (QED) is 0.835. The Hall–Kier alpha value is -1.59. The van der Waals surface area contributed by atoms with Crippen LogP contribution in [0, 0.1) is 0 Å². The first-order chi connectivity index (χ1) is 9.45. The number of rotatable bonds is 6. The van der Waals surface area contributed by atoms with Crippen LogP contribution in [0.5, 0.6) is 0 Å². The van der Waals surface area contributed by atoms with Crippen molar-refractivity contribution in [3.63, 3.8) is 0 Å². The van der Waals surface area contributed by atoms with Gasteiger partial charge in [0.25, 0.3) is 0 Å². The maximum atomic E-state index is 12.2. The number of nitrogens with two attached hydrogens (primary N) is 1. The largest absolute Gasteiger partial charge is 0.349 e. The highest BCUT2D eigenvalue weighted by molar-refractivity contribution is 5.85. The highest BCUT2D eigenvalue weighted by Crippen LogP contribution is 2.18. The third kappa shape index (κ3) is 6.14. The molecule has 0 saturated carbocycles. The number of benzene rings is 1. The second-order valence-corrected chi connectivity index (χ2v) is 4.96. The molecule has 1 aromatic carbocycles. The van der Waals surface area contributed by atoms with Gasteiger partial charge in [0.05, 0.1) is 12.5 Å². The van der Waals surface area contributed by atoms with Gasteiger partial charge in [-0.3, -0.25) is 9.59 Å². The zero-order valence-corrected chi connectivity index (χ0v) is 13.5. The Morgan fingerprint density at radius 1 is 1.29 bits per heavy atom. The number of hydrogen-bond donors (Lipinski definition) is 2. The summed E-state index contributed by atoms with van der Waals surface area (Å²) in [4.78, 5) is 25.2. The SMILES string of the molecule is CC(=O)NC(CC(=O)N(C)C(C)CN)c1ccccc1.Cl. The molecule has 0 fully saturated rings. The molecule has 2 amide bonds. The van der Waals surface area contributed by atoms with E-state index in [1.54, 1.807) is 11.9 Å². The first-order valence-electron chi connectivity index (χ1n) is 6.73. The number of nitrogens with zero attached hydrogens (tertiary/aromatic N) is 1. The maximum Gasteiger partial charge on any atom is 0.225 e. The molecule has 2 unspecified atom stereocenters. The lowest BCUT2D eigenvalue weighted by Crippen LogP contribution is -2.41. The molecule has 3 N–H and O–H groups in total. The maximum absolute atomic E-state index is 12.2. The minimum atomic E-state index is -0.311. The smallest absolute Gasteiger partial charge is 0.225 e. The Labute approximate surface area is 132 Å². The Balaban J connectivity index is 0.00000400. The molecule has 2 atom stereocenters. The van der Waals surface area contributed by atoms with Crippen LogP contribution >= 0.6 is 12.4 Å². The zero-order chi connectivity index (χ0) is 15.1. The van der Waals surface area contributed by atoms with Crippen molar-refractivity contribution in [2.75, 3.05) is 13.6 Å². The lowest BCUT2D eigenvalue weighted by molar-refractivity contribution is -0.132. The minimum absolute atomic E-state index is 0. The summed E-state index contributed by atoms with van der Waals surface area (Å²) >= 11 is 0. The van der Waals surface area contributed by atoms with E-state index >= 15 is 0 Å². The fourth-order valence-electron chi connectivity index (χ4n) is 1.91. The normalized spacial score (nSPS) is 12.8. The summed E-state index contributed by atoms with van der Waals surface area (Å²) in [7, 11) is 1.73.